The summed E-state index contributed by atoms with van der Waals surface area (Å²) >= 11 is 0. The summed E-state index contributed by atoms with van der Waals surface area (Å²) in [5, 5.41) is 0. The molecule has 0 N–H and O–H groups in total. The Morgan fingerprint density at radius 2 is 1.55 bits per heavy atom. The molecule has 22 heavy (non-hydrogen) atoms. The van der Waals surface area contributed by atoms with Crippen molar-refractivity contribution in [2.75, 3.05) is 36.0 Å². The van der Waals surface area contributed by atoms with E-state index in [1.807, 2.05) is 28.9 Å². The molecule has 112 valence electrons. The summed E-state index contributed by atoms with van der Waals surface area (Å²) < 4.78 is 15.8. The van der Waals surface area contributed by atoms with E-state index in [0.29, 0.717) is 5.69 Å². The van der Waals surface area contributed by atoms with Crippen molar-refractivity contribution >= 4 is 17.2 Å². The monoisotopic (exact) mass is 297 g/mol. The fourth-order valence-corrected chi connectivity index (χ4v) is 2.93. The molecule has 0 aliphatic carbocycles. The Hall–Kier alpha value is -2.63. The lowest BCUT2D eigenvalue weighted by atomic mass is 10.2. The molecule has 3 aromatic rings. The van der Waals surface area contributed by atoms with Gasteiger partial charge in [-0.1, -0.05) is 12.1 Å². The van der Waals surface area contributed by atoms with E-state index in [9.17, 15) is 4.39 Å². The van der Waals surface area contributed by atoms with E-state index in [-0.39, 0.29) is 5.82 Å². The van der Waals surface area contributed by atoms with Gasteiger partial charge in [0.2, 0.25) is 0 Å². The Labute approximate surface area is 127 Å². The van der Waals surface area contributed by atoms with Gasteiger partial charge in [-0.2, -0.15) is 0 Å². The second-order valence-electron chi connectivity index (χ2n) is 5.33. The van der Waals surface area contributed by atoms with Crippen LogP contribution in [0.3, 0.4) is 0 Å². The molecule has 1 aliphatic rings. The van der Waals surface area contributed by atoms with Crippen molar-refractivity contribution in [3.05, 3.63) is 54.9 Å². The summed E-state index contributed by atoms with van der Waals surface area (Å²) in [5.74, 6) is 0.727. The Kier molecular flexibility index (Phi) is 3.14. The first kappa shape index (κ1) is 13.1. The molecule has 2 aromatic heterocycles. The van der Waals surface area contributed by atoms with Gasteiger partial charge in [0.25, 0.3) is 0 Å². The lowest BCUT2D eigenvalue weighted by molar-refractivity contribution is 0.596. The van der Waals surface area contributed by atoms with Gasteiger partial charge in [0, 0.05) is 51.0 Å². The summed E-state index contributed by atoms with van der Waals surface area (Å²) in [6.45, 7) is 3.14. The van der Waals surface area contributed by atoms with Gasteiger partial charge in [0.05, 0.1) is 5.69 Å². The zero-order valence-electron chi connectivity index (χ0n) is 12.1. The number of halogens is 1. The normalized spacial score (nSPS) is 15.5. The highest BCUT2D eigenvalue weighted by Crippen LogP contribution is 2.23. The lowest BCUT2D eigenvalue weighted by Gasteiger charge is -2.36. The largest absolute Gasteiger partial charge is 0.366 e. The molecule has 6 heteroatoms. The second-order valence-corrected chi connectivity index (χ2v) is 5.33. The minimum Gasteiger partial charge on any atom is -0.366 e. The maximum atomic E-state index is 13.9. The Bertz CT molecular complexity index is 792. The smallest absolute Gasteiger partial charge is 0.180 e. The highest BCUT2D eigenvalue weighted by molar-refractivity contribution is 5.64. The first-order chi connectivity index (χ1) is 10.8. The minimum atomic E-state index is -0.163. The average Bonchev–Trinajstić information content (AvgIpc) is 3.04. The SMILES string of the molecule is Fc1ccccc1N1CCN(c2nccn3ccnc23)CC1. The van der Waals surface area contributed by atoms with E-state index in [1.54, 1.807) is 18.5 Å². The molecule has 1 aromatic carbocycles. The highest BCUT2D eigenvalue weighted by Gasteiger charge is 2.21. The summed E-state index contributed by atoms with van der Waals surface area (Å²) in [5.41, 5.74) is 1.54. The van der Waals surface area contributed by atoms with Crippen molar-refractivity contribution in [1.82, 2.24) is 14.4 Å². The van der Waals surface area contributed by atoms with Crippen LogP contribution in [0.1, 0.15) is 0 Å². The Morgan fingerprint density at radius 1 is 0.864 bits per heavy atom. The predicted octanol–water partition coefficient (Wildman–Crippen LogP) is 2.20. The molecule has 4 rings (SSSR count). The van der Waals surface area contributed by atoms with Crippen LogP contribution in [0, 0.1) is 5.82 Å². The molecule has 0 saturated carbocycles. The van der Waals surface area contributed by atoms with Crippen molar-refractivity contribution in [3.63, 3.8) is 0 Å². The highest BCUT2D eigenvalue weighted by atomic mass is 19.1. The number of nitrogens with zero attached hydrogens (tertiary/aromatic N) is 5. The topological polar surface area (TPSA) is 36.7 Å². The number of anilines is 2. The standard InChI is InChI=1S/C16H16FN5/c17-13-3-1-2-4-14(13)20-9-11-22(12-10-20)16-15-18-5-7-21(15)8-6-19-16/h1-8H,9-12H2. The van der Waals surface area contributed by atoms with Gasteiger partial charge < -0.3 is 14.2 Å². The fraction of sp³-hybridized carbons (Fsp3) is 0.250. The van der Waals surface area contributed by atoms with Gasteiger partial charge in [0.15, 0.2) is 11.5 Å². The van der Waals surface area contributed by atoms with Crippen LogP contribution in [0.25, 0.3) is 5.65 Å². The molecule has 5 nitrogen and oxygen atoms in total. The summed E-state index contributed by atoms with van der Waals surface area (Å²) in [4.78, 5) is 13.1. The van der Waals surface area contributed by atoms with Crippen LogP contribution in [0.5, 0.6) is 0 Å². The molecule has 0 bridgehead atoms. The van der Waals surface area contributed by atoms with Crippen LogP contribution >= 0.6 is 0 Å². The molecule has 3 heterocycles. The number of piperazine rings is 1. The molecule has 0 atom stereocenters. The average molecular weight is 297 g/mol. The van der Waals surface area contributed by atoms with Crippen molar-refractivity contribution in [1.29, 1.82) is 0 Å². The van der Waals surface area contributed by atoms with E-state index in [1.165, 1.54) is 6.07 Å². The fourth-order valence-electron chi connectivity index (χ4n) is 2.93. The van der Waals surface area contributed by atoms with E-state index in [4.69, 9.17) is 0 Å². The number of hydrogen-bond acceptors (Lipinski definition) is 4. The van der Waals surface area contributed by atoms with Gasteiger partial charge in [0.1, 0.15) is 5.82 Å². The molecule has 1 aliphatic heterocycles. The Balaban J connectivity index is 1.55. The third kappa shape index (κ3) is 2.16. The van der Waals surface area contributed by atoms with Crippen LogP contribution in [0.2, 0.25) is 0 Å². The molecular formula is C16H16FN5. The van der Waals surface area contributed by atoms with E-state index in [2.05, 4.69) is 19.8 Å². The van der Waals surface area contributed by atoms with Gasteiger partial charge >= 0.3 is 0 Å². The lowest BCUT2D eigenvalue weighted by Crippen LogP contribution is -2.47. The number of benzene rings is 1. The molecule has 1 fully saturated rings. The quantitative estimate of drug-likeness (QED) is 0.726. The molecule has 0 spiro atoms. The third-order valence-electron chi connectivity index (χ3n) is 4.07. The molecule has 0 radical (unpaired) electrons. The minimum absolute atomic E-state index is 0.163. The van der Waals surface area contributed by atoms with Crippen molar-refractivity contribution < 1.29 is 4.39 Å². The van der Waals surface area contributed by atoms with E-state index in [0.717, 1.165) is 37.6 Å². The summed E-state index contributed by atoms with van der Waals surface area (Å²) in [6, 6.07) is 6.93. The zero-order valence-corrected chi connectivity index (χ0v) is 12.1. The predicted molar refractivity (Wildman–Crippen MR) is 83.8 cm³/mol. The zero-order chi connectivity index (χ0) is 14.9. The second kappa shape index (κ2) is 5.29. The number of imidazole rings is 1. The number of aromatic nitrogens is 3. The first-order valence-electron chi connectivity index (χ1n) is 7.35. The van der Waals surface area contributed by atoms with Gasteiger partial charge in [-0.3, -0.25) is 0 Å². The van der Waals surface area contributed by atoms with Gasteiger partial charge in [-0.15, -0.1) is 0 Å². The van der Waals surface area contributed by atoms with Crippen molar-refractivity contribution in [3.8, 4) is 0 Å². The van der Waals surface area contributed by atoms with E-state index >= 15 is 0 Å². The van der Waals surface area contributed by atoms with Gasteiger partial charge in [-0.05, 0) is 12.1 Å². The maximum Gasteiger partial charge on any atom is 0.180 e. The Morgan fingerprint density at radius 3 is 2.32 bits per heavy atom. The maximum absolute atomic E-state index is 13.9. The number of hydrogen-bond donors (Lipinski definition) is 0. The first-order valence-corrected chi connectivity index (χ1v) is 7.35. The van der Waals surface area contributed by atoms with E-state index < -0.39 is 0 Å². The third-order valence-corrected chi connectivity index (χ3v) is 4.07. The number of rotatable bonds is 2. The molecule has 0 amide bonds. The van der Waals surface area contributed by atoms with Crippen LogP contribution in [0.15, 0.2) is 49.1 Å². The van der Waals surface area contributed by atoms with Crippen LogP contribution in [0.4, 0.5) is 15.9 Å². The number of para-hydroxylation sites is 1. The van der Waals surface area contributed by atoms with Crippen LogP contribution < -0.4 is 9.80 Å². The van der Waals surface area contributed by atoms with Crippen molar-refractivity contribution in [2.24, 2.45) is 0 Å². The molecular weight excluding hydrogens is 281 g/mol. The van der Waals surface area contributed by atoms with Crippen molar-refractivity contribution in [2.45, 2.75) is 0 Å². The van der Waals surface area contributed by atoms with Crippen LogP contribution in [-0.4, -0.2) is 40.5 Å². The molecule has 0 unspecified atom stereocenters. The summed E-state index contributed by atoms with van der Waals surface area (Å²) in [7, 11) is 0. The summed E-state index contributed by atoms with van der Waals surface area (Å²) in [6.07, 6.45) is 7.36. The number of fused-ring (bicyclic) bond motifs is 1. The van der Waals surface area contributed by atoms with Gasteiger partial charge in [-0.25, -0.2) is 14.4 Å². The molecule has 1 saturated heterocycles. The van der Waals surface area contributed by atoms with Crippen LogP contribution in [-0.2, 0) is 0 Å².